The average molecular weight is 538 g/mol. The number of hydrogen-bond acceptors (Lipinski definition) is 7. The number of anilines is 1. The van der Waals surface area contributed by atoms with E-state index in [1.54, 1.807) is 24.0 Å². The van der Waals surface area contributed by atoms with Gasteiger partial charge in [-0.15, -0.1) is 0 Å². The quantitative estimate of drug-likeness (QED) is 0.438. The molecule has 5 rings (SSSR count). The second-order valence-electron chi connectivity index (χ2n) is 10.7. The lowest BCUT2D eigenvalue weighted by Gasteiger charge is -2.36. The van der Waals surface area contributed by atoms with E-state index in [9.17, 15) is 24.3 Å². The highest BCUT2D eigenvalue weighted by atomic mass is 16.6. The number of ether oxygens (including phenoxy) is 2. The summed E-state index contributed by atoms with van der Waals surface area (Å²) in [5.74, 6) is -3.47. The summed E-state index contributed by atoms with van der Waals surface area (Å²) in [4.78, 5) is 57.1. The third-order valence-electron chi connectivity index (χ3n) is 8.09. The average Bonchev–Trinajstić information content (AvgIpc) is 3.53. The van der Waals surface area contributed by atoms with Crippen LogP contribution in [0.1, 0.15) is 30.9 Å². The molecule has 39 heavy (non-hydrogen) atoms. The van der Waals surface area contributed by atoms with Crippen molar-refractivity contribution in [3.63, 3.8) is 0 Å². The first-order chi connectivity index (χ1) is 18.7. The molecule has 3 amide bonds. The molecule has 2 N–H and O–H groups in total. The molecule has 10 nitrogen and oxygen atoms in total. The summed E-state index contributed by atoms with van der Waals surface area (Å²) in [5.41, 5.74) is 1.13. The van der Waals surface area contributed by atoms with Crippen molar-refractivity contribution in [1.82, 2.24) is 10.2 Å². The van der Waals surface area contributed by atoms with Gasteiger partial charge >= 0.3 is 5.97 Å². The molecule has 4 aliphatic heterocycles. The van der Waals surface area contributed by atoms with Crippen LogP contribution in [0.3, 0.4) is 0 Å². The number of allylic oxidation sites excluding steroid dienone is 1. The summed E-state index contributed by atoms with van der Waals surface area (Å²) >= 11 is 0. The molecule has 5 bridgehead atoms. The Morgan fingerprint density at radius 1 is 1.10 bits per heavy atom. The van der Waals surface area contributed by atoms with E-state index < -0.39 is 47.6 Å². The number of β-amino-alcohol motifs (C(OH)–C–C–N with tert-alkyl or cyclic N) is 1. The number of rotatable bonds is 3. The number of nitrogens with zero attached hydrogens (tertiary/aromatic N) is 2. The lowest BCUT2D eigenvalue weighted by molar-refractivity contribution is -0.158. The Balaban J connectivity index is 1.62. The number of carbonyl (C=O) groups excluding carboxylic acids is 4. The third-order valence-corrected chi connectivity index (χ3v) is 8.09. The lowest BCUT2D eigenvalue weighted by Crippen LogP contribution is -2.56. The third kappa shape index (κ3) is 4.55. The van der Waals surface area contributed by atoms with Crippen LogP contribution >= 0.6 is 0 Å². The van der Waals surface area contributed by atoms with E-state index in [1.165, 1.54) is 4.90 Å². The number of para-hydroxylation sites is 1. The Hall–Kier alpha value is -3.50. The van der Waals surface area contributed by atoms with Crippen LogP contribution < -0.4 is 10.2 Å². The second-order valence-corrected chi connectivity index (χ2v) is 10.7. The van der Waals surface area contributed by atoms with Gasteiger partial charge in [-0.2, -0.15) is 0 Å². The second kappa shape index (κ2) is 10.6. The first kappa shape index (κ1) is 27.1. The minimum Gasteiger partial charge on any atom is -0.460 e. The highest BCUT2D eigenvalue weighted by Gasteiger charge is 2.73. The summed E-state index contributed by atoms with van der Waals surface area (Å²) < 4.78 is 12.0. The molecule has 2 fully saturated rings. The number of aliphatic hydroxyl groups excluding tert-OH is 1. The van der Waals surface area contributed by atoms with Crippen LogP contribution in [0.4, 0.5) is 5.69 Å². The van der Waals surface area contributed by atoms with Crippen molar-refractivity contribution in [1.29, 1.82) is 0 Å². The van der Waals surface area contributed by atoms with Crippen LogP contribution in [0.25, 0.3) is 0 Å². The Morgan fingerprint density at radius 2 is 1.85 bits per heavy atom. The van der Waals surface area contributed by atoms with E-state index in [4.69, 9.17) is 9.47 Å². The Kier molecular flexibility index (Phi) is 7.35. The predicted molar refractivity (Wildman–Crippen MR) is 142 cm³/mol. The van der Waals surface area contributed by atoms with Gasteiger partial charge in [-0.25, -0.2) is 0 Å². The van der Waals surface area contributed by atoms with Crippen molar-refractivity contribution in [3.05, 3.63) is 53.6 Å². The van der Waals surface area contributed by atoms with Gasteiger partial charge < -0.3 is 29.7 Å². The van der Waals surface area contributed by atoms with Gasteiger partial charge in [0.25, 0.3) is 5.91 Å². The minimum atomic E-state index is -1.36. The Bertz CT molecular complexity index is 1220. The lowest BCUT2D eigenvalue weighted by atomic mass is 9.74. The van der Waals surface area contributed by atoms with Gasteiger partial charge in [0.15, 0.2) is 0 Å². The van der Waals surface area contributed by atoms with Gasteiger partial charge in [0.2, 0.25) is 11.8 Å². The maximum absolute atomic E-state index is 14.6. The molecule has 2 saturated heterocycles. The number of cyclic esters (lactones) is 1. The van der Waals surface area contributed by atoms with E-state index in [2.05, 4.69) is 5.32 Å². The summed E-state index contributed by atoms with van der Waals surface area (Å²) in [6, 6.07) is 4.68. The molecule has 1 spiro atoms. The number of benzene rings is 1. The van der Waals surface area contributed by atoms with Gasteiger partial charge in [0.05, 0.1) is 25.2 Å². The van der Waals surface area contributed by atoms with Gasteiger partial charge in [0, 0.05) is 25.2 Å². The van der Waals surface area contributed by atoms with E-state index in [1.807, 2.05) is 44.2 Å². The van der Waals surface area contributed by atoms with Gasteiger partial charge in [-0.1, -0.05) is 42.5 Å². The number of nitrogens with one attached hydrogen (secondary N) is 1. The maximum atomic E-state index is 14.6. The summed E-state index contributed by atoms with van der Waals surface area (Å²) in [6.45, 7) is 5.45. The van der Waals surface area contributed by atoms with Crippen molar-refractivity contribution < 1.29 is 33.8 Å². The van der Waals surface area contributed by atoms with Crippen LogP contribution in [-0.2, 0) is 28.7 Å². The van der Waals surface area contributed by atoms with Gasteiger partial charge in [-0.05, 0) is 38.3 Å². The molecule has 4 heterocycles. The van der Waals surface area contributed by atoms with E-state index >= 15 is 0 Å². The number of esters is 1. The smallest absolute Gasteiger partial charge is 0.313 e. The first-order valence-corrected chi connectivity index (χ1v) is 13.5. The van der Waals surface area contributed by atoms with E-state index in [-0.39, 0.29) is 44.5 Å². The minimum absolute atomic E-state index is 0.0734. The number of amides is 3. The zero-order chi connectivity index (χ0) is 27.9. The van der Waals surface area contributed by atoms with Crippen LogP contribution in [-0.4, -0.2) is 83.8 Å². The van der Waals surface area contributed by atoms with Gasteiger partial charge in [-0.3, -0.25) is 19.2 Å². The number of fused-ring (bicyclic) bond motifs is 2. The van der Waals surface area contributed by atoms with E-state index in [0.29, 0.717) is 6.42 Å². The summed E-state index contributed by atoms with van der Waals surface area (Å²) in [6.07, 6.45) is 6.55. The van der Waals surface area contributed by atoms with Crippen LogP contribution in [0.15, 0.2) is 42.5 Å². The molecule has 0 radical (unpaired) electrons. The monoisotopic (exact) mass is 537 g/mol. The molecule has 4 aliphatic rings. The molecule has 0 saturated carbocycles. The van der Waals surface area contributed by atoms with E-state index in [0.717, 1.165) is 16.8 Å². The van der Waals surface area contributed by atoms with Crippen molar-refractivity contribution >= 4 is 29.4 Å². The molecule has 0 aromatic heterocycles. The molecule has 208 valence electrons. The number of aryl methyl sites for hydroxylation is 2. The standard InChI is InChI=1S/C29H35N3O7/c1-17-8-7-9-18(2)24(17)31-13-6-4-5-10-21(34)30-16-19(3)38-28(37)22-20-11-12-29(39-20)23(22)26(35)32(14-15-33)25(29)27(31)36/h4,6-9,11-12,19-20,22-23,25,33H,5,10,13-16H2,1-3H3,(H,30,34)/b6-4-/t19-,20+,22-,23-,25+,29-/m0/s1. The predicted octanol–water partition coefficient (Wildman–Crippen LogP) is 1.18. The molecule has 10 heteroatoms. The fourth-order valence-corrected chi connectivity index (χ4v) is 6.41. The van der Waals surface area contributed by atoms with Crippen molar-refractivity contribution in [2.75, 3.05) is 31.1 Å². The van der Waals surface area contributed by atoms with Crippen LogP contribution in [0, 0.1) is 25.7 Å². The molecular formula is C29H35N3O7. The SMILES string of the molecule is Cc1cccc(C)c1N1C/C=C\CCC(=O)NC[C@H](C)OC(=O)[C@@H]2[C@H]3C(=O)N(CCO)[C@H](C1=O)[C@]31C=C[C@H]2O1. The molecule has 6 atom stereocenters. The van der Waals surface area contributed by atoms with Crippen molar-refractivity contribution in [2.45, 2.75) is 57.5 Å². The zero-order valence-electron chi connectivity index (χ0n) is 22.5. The fourth-order valence-electron chi connectivity index (χ4n) is 6.41. The number of aliphatic hydroxyl groups is 1. The van der Waals surface area contributed by atoms with Gasteiger partial charge in [0.1, 0.15) is 23.7 Å². The highest BCUT2D eigenvalue weighted by molar-refractivity contribution is 6.06. The number of hydrogen-bond donors (Lipinski definition) is 2. The summed E-state index contributed by atoms with van der Waals surface area (Å²) in [5, 5.41) is 12.6. The number of likely N-dealkylation sites (tertiary alicyclic amines) is 1. The normalized spacial score (nSPS) is 33.8. The van der Waals surface area contributed by atoms with Crippen molar-refractivity contribution in [2.24, 2.45) is 11.8 Å². The largest absolute Gasteiger partial charge is 0.460 e. The molecule has 1 aromatic carbocycles. The maximum Gasteiger partial charge on any atom is 0.313 e. The Morgan fingerprint density at radius 3 is 2.56 bits per heavy atom. The Labute approximate surface area is 227 Å². The first-order valence-electron chi connectivity index (χ1n) is 13.5. The molecule has 0 aliphatic carbocycles. The van der Waals surface area contributed by atoms with Crippen LogP contribution in [0.5, 0.6) is 0 Å². The zero-order valence-corrected chi connectivity index (χ0v) is 22.5. The highest BCUT2D eigenvalue weighted by Crippen LogP contribution is 2.55. The summed E-state index contributed by atoms with van der Waals surface area (Å²) in [7, 11) is 0. The molecule has 0 unspecified atom stereocenters. The van der Waals surface area contributed by atoms with Crippen LogP contribution in [0.2, 0.25) is 0 Å². The molecular weight excluding hydrogens is 502 g/mol. The number of carbonyl (C=O) groups is 4. The fraction of sp³-hybridized carbons (Fsp3) is 0.517. The molecule has 1 aromatic rings. The topological polar surface area (TPSA) is 125 Å². The van der Waals surface area contributed by atoms with Crippen molar-refractivity contribution in [3.8, 4) is 0 Å².